The molecule has 0 saturated heterocycles. The van der Waals surface area contributed by atoms with E-state index >= 15 is 0 Å². The first kappa shape index (κ1) is 23.1. The molecule has 2 aliphatic rings. The summed E-state index contributed by atoms with van der Waals surface area (Å²) in [6, 6.07) is 46.1. The van der Waals surface area contributed by atoms with Gasteiger partial charge in [-0.25, -0.2) is 9.97 Å². The van der Waals surface area contributed by atoms with Gasteiger partial charge in [0.15, 0.2) is 5.82 Å². The molecular formula is C38H23N3O. The minimum Gasteiger partial charge on any atom is -0.457 e. The summed E-state index contributed by atoms with van der Waals surface area (Å²) in [5, 5.41) is 1.04. The smallest absolute Gasteiger partial charge is 0.160 e. The van der Waals surface area contributed by atoms with Crippen LogP contribution in [0, 0.1) is 0 Å². The Balaban J connectivity index is 1.35. The van der Waals surface area contributed by atoms with Crippen LogP contribution < -0.4 is 4.74 Å². The Kier molecular flexibility index (Phi) is 4.79. The molecule has 196 valence electrons. The number of fused-ring (bicyclic) bond motifs is 10. The molecule has 9 rings (SSSR count). The van der Waals surface area contributed by atoms with Crippen molar-refractivity contribution in [3.05, 3.63) is 162 Å². The molecule has 7 aromatic rings. The second-order valence-electron chi connectivity index (χ2n) is 10.8. The highest BCUT2D eigenvalue weighted by molar-refractivity contribution is 5.94. The predicted octanol–water partition coefficient (Wildman–Crippen LogP) is 8.83. The van der Waals surface area contributed by atoms with Gasteiger partial charge in [0.05, 0.1) is 22.3 Å². The van der Waals surface area contributed by atoms with Crippen LogP contribution >= 0.6 is 0 Å². The van der Waals surface area contributed by atoms with Crippen LogP contribution in [0.1, 0.15) is 22.3 Å². The quantitative estimate of drug-likeness (QED) is 0.221. The van der Waals surface area contributed by atoms with Gasteiger partial charge in [-0.1, -0.05) is 103 Å². The van der Waals surface area contributed by atoms with Gasteiger partial charge in [-0.3, -0.25) is 4.98 Å². The summed E-state index contributed by atoms with van der Waals surface area (Å²) < 4.78 is 6.48. The van der Waals surface area contributed by atoms with E-state index in [2.05, 4.69) is 97.1 Å². The zero-order chi connectivity index (χ0) is 27.7. The molecule has 0 fully saturated rings. The Morgan fingerprint density at radius 1 is 0.500 bits per heavy atom. The van der Waals surface area contributed by atoms with Crippen LogP contribution in [0.2, 0.25) is 0 Å². The van der Waals surface area contributed by atoms with Gasteiger partial charge in [-0.05, 0) is 41.5 Å². The van der Waals surface area contributed by atoms with Gasteiger partial charge in [0.25, 0.3) is 0 Å². The van der Waals surface area contributed by atoms with E-state index in [0.717, 1.165) is 72.7 Å². The number of rotatable bonds is 2. The van der Waals surface area contributed by atoms with E-state index in [-0.39, 0.29) is 0 Å². The SMILES string of the molecule is c1ccc(-c2nc(-c3ccc4c(c3)C3(c5ccccc5Oc5ccccc53)c3cccnc3-4)nc3ccccc23)cc1. The molecule has 0 radical (unpaired) electrons. The van der Waals surface area contributed by atoms with Crippen molar-refractivity contribution in [2.24, 2.45) is 0 Å². The van der Waals surface area contributed by atoms with Crippen molar-refractivity contribution < 1.29 is 4.74 Å². The predicted molar refractivity (Wildman–Crippen MR) is 166 cm³/mol. The van der Waals surface area contributed by atoms with Gasteiger partial charge >= 0.3 is 0 Å². The Hall–Kier alpha value is -5.61. The van der Waals surface area contributed by atoms with E-state index in [9.17, 15) is 0 Å². The number of para-hydroxylation sites is 3. The van der Waals surface area contributed by atoms with E-state index < -0.39 is 5.41 Å². The van der Waals surface area contributed by atoms with E-state index in [1.165, 1.54) is 0 Å². The van der Waals surface area contributed by atoms with Crippen molar-refractivity contribution in [1.82, 2.24) is 15.0 Å². The monoisotopic (exact) mass is 537 g/mol. The van der Waals surface area contributed by atoms with Crippen LogP contribution in [-0.2, 0) is 5.41 Å². The van der Waals surface area contributed by atoms with E-state index in [1.807, 2.05) is 42.6 Å². The lowest BCUT2D eigenvalue weighted by Gasteiger charge is -2.39. The molecule has 0 bridgehead atoms. The van der Waals surface area contributed by atoms with Gasteiger partial charge < -0.3 is 4.74 Å². The maximum Gasteiger partial charge on any atom is 0.160 e. The number of nitrogens with zero attached hydrogens (tertiary/aromatic N) is 3. The summed E-state index contributed by atoms with van der Waals surface area (Å²) in [6.07, 6.45) is 1.88. The molecule has 4 nitrogen and oxygen atoms in total. The number of aromatic nitrogens is 3. The largest absolute Gasteiger partial charge is 0.457 e. The van der Waals surface area contributed by atoms with Gasteiger partial charge in [0.1, 0.15) is 11.5 Å². The zero-order valence-electron chi connectivity index (χ0n) is 22.5. The first-order valence-electron chi connectivity index (χ1n) is 14.1. The molecule has 0 N–H and O–H groups in total. The average molecular weight is 538 g/mol. The minimum atomic E-state index is -0.584. The number of hydrogen-bond donors (Lipinski definition) is 0. The first-order chi connectivity index (χ1) is 20.8. The summed E-state index contributed by atoms with van der Waals surface area (Å²) in [6.45, 7) is 0. The van der Waals surface area contributed by atoms with Crippen LogP contribution in [0.4, 0.5) is 0 Å². The Morgan fingerprint density at radius 3 is 2.00 bits per heavy atom. The first-order valence-corrected chi connectivity index (χ1v) is 14.1. The van der Waals surface area contributed by atoms with E-state index in [4.69, 9.17) is 19.7 Å². The topological polar surface area (TPSA) is 47.9 Å². The Morgan fingerprint density at radius 2 is 1.19 bits per heavy atom. The third kappa shape index (κ3) is 3.09. The molecule has 0 saturated carbocycles. The van der Waals surface area contributed by atoms with Crippen molar-refractivity contribution in [3.8, 4) is 45.4 Å². The lowest BCUT2D eigenvalue weighted by atomic mass is 9.66. The molecular weight excluding hydrogens is 514 g/mol. The molecule has 1 aliphatic heterocycles. The third-order valence-electron chi connectivity index (χ3n) is 8.60. The van der Waals surface area contributed by atoms with Gasteiger partial charge in [-0.2, -0.15) is 0 Å². The molecule has 3 heterocycles. The fraction of sp³-hybridized carbons (Fsp3) is 0.0263. The maximum absolute atomic E-state index is 6.48. The fourth-order valence-electron chi connectivity index (χ4n) is 6.86. The molecule has 42 heavy (non-hydrogen) atoms. The van der Waals surface area contributed by atoms with Crippen LogP contribution in [0.15, 0.2) is 140 Å². The standard InChI is InChI=1S/C38H23N3O/c1-2-11-24(12-3-1)35-27-13-4-7-17-32(27)40-37(41-35)25-20-21-26-31(23-25)38(30-16-10-22-39-36(26)30)28-14-5-8-18-33(28)42-34-19-9-6-15-29(34)38/h1-23H. The van der Waals surface area contributed by atoms with Gasteiger partial charge in [0, 0.05) is 39.4 Å². The molecule has 0 amide bonds. The summed E-state index contributed by atoms with van der Waals surface area (Å²) in [5.74, 6) is 2.41. The van der Waals surface area contributed by atoms with Crippen molar-refractivity contribution >= 4 is 10.9 Å². The van der Waals surface area contributed by atoms with Crippen LogP contribution in [0.5, 0.6) is 11.5 Å². The van der Waals surface area contributed by atoms with Gasteiger partial charge in [-0.15, -0.1) is 0 Å². The Bertz CT molecular complexity index is 2140. The number of ether oxygens (including phenoxy) is 1. The second kappa shape index (κ2) is 8.69. The number of pyridine rings is 1. The molecule has 2 aromatic heterocycles. The molecule has 0 unspecified atom stereocenters. The summed E-state index contributed by atoms with van der Waals surface area (Å²) in [4.78, 5) is 15.2. The average Bonchev–Trinajstić information content (AvgIpc) is 3.35. The lowest BCUT2D eigenvalue weighted by Crippen LogP contribution is -2.32. The molecule has 4 heteroatoms. The van der Waals surface area contributed by atoms with Crippen LogP contribution in [0.3, 0.4) is 0 Å². The zero-order valence-corrected chi connectivity index (χ0v) is 22.5. The summed E-state index contributed by atoms with van der Waals surface area (Å²) >= 11 is 0. The van der Waals surface area contributed by atoms with E-state index in [0.29, 0.717) is 5.82 Å². The molecule has 5 aromatic carbocycles. The highest BCUT2D eigenvalue weighted by Crippen LogP contribution is 2.61. The normalized spacial score (nSPS) is 13.6. The summed E-state index contributed by atoms with van der Waals surface area (Å²) in [7, 11) is 0. The summed E-state index contributed by atoms with van der Waals surface area (Å²) in [5.41, 5.74) is 9.95. The number of hydrogen-bond acceptors (Lipinski definition) is 4. The number of benzene rings is 5. The van der Waals surface area contributed by atoms with Crippen LogP contribution in [-0.4, -0.2) is 15.0 Å². The lowest BCUT2D eigenvalue weighted by molar-refractivity contribution is 0.436. The molecule has 0 atom stereocenters. The van der Waals surface area contributed by atoms with Crippen molar-refractivity contribution in [1.29, 1.82) is 0 Å². The molecule has 1 spiro atoms. The van der Waals surface area contributed by atoms with Crippen molar-refractivity contribution in [3.63, 3.8) is 0 Å². The fourth-order valence-corrected chi connectivity index (χ4v) is 6.86. The minimum absolute atomic E-state index is 0.584. The highest BCUT2D eigenvalue weighted by atomic mass is 16.5. The van der Waals surface area contributed by atoms with Gasteiger partial charge in [0.2, 0.25) is 0 Å². The maximum atomic E-state index is 6.48. The Labute approximate surface area is 243 Å². The highest BCUT2D eigenvalue weighted by Gasteiger charge is 2.51. The second-order valence-corrected chi connectivity index (χ2v) is 10.8. The van der Waals surface area contributed by atoms with Crippen LogP contribution in [0.25, 0.3) is 44.8 Å². The van der Waals surface area contributed by atoms with E-state index in [1.54, 1.807) is 0 Å². The van der Waals surface area contributed by atoms with Crippen molar-refractivity contribution in [2.75, 3.05) is 0 Å². The molecule has 1 aliphatic carbocycles. The third-order valence-corrected chi connectivity index (χ3v) is 8.60. The van der Waals surface area contributed by atoms with Crippen molar-refractivity contribution in [2.45, 2.75) is 5.41 Å².